The van der Waals surface area contributed by atoms with Crippen LogP contribution in [0.15, 0.2) is 24.3 Å². The number of nitrogens with zero attached hydrogens (tertiary/aromatic N) is 4. The van der Waals surface area contributed by atoms with Crippen LogP contribution in [0.5, 0.6) is 0 Å². The number of carbonyl (C=O) groups excluding carboxylic acids is 2. The minimum absolute atomic E-state index is 0.0125. The summed E-state index contributed by atoms with van der Waals surface area (Å²) in [6, 6.07) is 7.17. The summed E-state index contributed by atoms with van der Waals surface area (Å²) in [5, 5.41) is 14.9. The summed E-state index contributed by atoms with van der Waals surface area (Å²) >= 11 is 0. The summed E-state index contributed by atoms with van der Waals surface area (Å²) in [5.41, 5.74) is 1.27. The van der Waals surface area contributed by atoms with E-state index in [1.54, 1.807) is 25.1 Å². The number of amides is 2. The Morgan fingerprint density at radius 1 is 1.21 bits per heavy atom. The lowest BCUT2D eigenvalue weighted by molar-refractivity contribution is -0.115. The maximum atomic E-state index is 12.9. The first-order valence-corrected chi connectivity index (χ1v) is 9.97. The van der Waals surface area contributed by atoms with Crippen molar-refractivity contribution in [1.29, 1.82) is 0 Å². The van der Waals surface area contributed by atoms with Crippen molar-refractivity contribution in [3.63, 3.8) is 0 Å². The Balaban J connectivity index is 1.40. The average molecular weight is 382 g/mol. The van der Waals surface area contributed by atoms with E-state index in [1.807, 2.05) is 11.0 Å². The van der Waals surface area contributed by atoms with Crippen molar-refractivity contribution in [2.24, 2.45) is 0 Å². The summed E-state index contributed by atoms with van der Waals surface area (Å²) < 4.78 is 2.23. The molecule has 8 heteroatoms. The van der Waals surface area contributed by atoms with Crippen LogP contribution in [0.25, 0.3) is 0 Å². The zero-order valence-electron chi connectivity index (χ0n) is 16.1. The van der Waals surface area contributed by atoms with Gasteiger partial charge in [0, 0.05) is 49.8 Å². The normalized spacial score (nSPS) is 17.2. The number of hydrogen-bond acceptors (Lipinski definition) is 5. The van der Waals surface area contributed by atoms with E-state index in [-0.39, 0.29) is 11.8 Å². The maximum absolute atomic E-state index is 12.9. The Bertz CT molecular complexity index is 869. The quantitative estimate of drug-likeness (QED) is 0.841. The number of carbonyl (C=O) groups is 2. The van der Waals surface area contributed by atoms with Crippen LogP contribution in [0.4, 0.5) is 5.69 Å². The van der Waals surface area contributed by atoms with Crippen LogP contribution >= 0.6 is 0 Å². The minimum Gasteiger partial charge on any atom is -0.339 e. The van der Waals surface area contributed by atoms with Gasteiger partial charge in [-0.05, 0) is 31.0 Å². The fourth-order valence-corrected chi connectivity index (χ4v) is 3.92. The van der Waals surface area contributed by atoms with Gasteiger partial charge in [0.2, 0.25) is 5.91 Å². The molecule has 0 radical (unpaired) electrons. The molecule has 2 N–H and O–H groups in total. The monoisotopic (exact) mass is 382 g/mol. The van der Waals surface area contributed by atoms with Gasteiger partial charge in [-0.1, -0.05) is 13.0 Å². The van der Waals surface area contributed by atoms with E-state index in [0.29, 0.717) is 36.7 Å². The molecule has 148 valence electrons. The molecule has 2 aliphatic rings. The fraction of sp³-hybridized carbons (Fsp3) is 0.500. The van der Waals surface area contributed by atoms with Crippen molar-refractivity contribution in [3.8, 4) is 0 Å². The summed E-state index contributed by atoms with van der Waals surface area (Å²) in [5.74, 6) is 2.37. The molecule has 0 unspecified atom stereocenters. The van der Waals surface area contributed by atoms with E-state index in [4.69, 9.17) is 0 Å². The number of hydrogen-bond donors (Lipinski definition) is 2. The Labute approximate surface area is 164 Å². The van der Waals surface area contributed by atoms with E-state index >= 15 is 0 Å². The molecular formula is C20H26N6O2. The number of benzene rings is 1. The Hall–Kier alpha value is -2.74. The van der Waals surface area contributed by atoms with Gasteiger partial charge in [-0.3, -0.25) is 9.59 Å². The minimum atomic E-state index is -0.0581. The Morgan fingerprint density at radius 3 is 2.82 bits per heavy atom. The van der Waals surface area contributed by atoms with Gasteiger partial charge in [0.05, 0.1) is 6.54 Å². The molecule has 0 spiro atoms. The molecule has 1 aromatic heterocycles. The van der Waals surface area contributed by atoms with Gasteiger partial charge in [-0.15, -0.1) is 10.2 Å². The topological polar surface area (TPSA) is 92.2 Å². The largest absolute Gasteiger partial charge is 0.339 e. The summed E-state index contributed by atoms with van der Waals surface area (Å²) in [7, 11) is 0. The lowest BCUT2D eigenvalue weighted by atomic mass is 9.95. The highest BCUT2D eigenvalue weighted by molar-refractivity contribution is 5.97. The lowest BCUT2D eigenvalue weighted by Crippen LogP contribution is -2.39. The first-order valence-electron chi connectivity index (χ1n) is 9.97. The highest BCUT2D eigenvalue weighted by Gasteiger charge is 2.29. The van der Waals surface area contributed by atoms with E-state index < -0.39 is 0 Å². The van der Waals surface area contributed by atoms with Crippen LogP contribution in [-0.2, 0) is 17.9 Å². The van der Waals surface area contributed by atoms with Gasteiger partial charge < -0.3 is 20.1 Å². The van der Waals surface area contributed by atoms with Crippen LogP contribution in [0.3, 0.4) is 0 Å². The Morgan fingerprint density at radius 2 is 2.04 bits per heavy atom. The number of anilines is 1. The van der Waals surface area contributed by atoms with E-state index in [9.17, 15) is 9.59 Å². The van der Waals surface area contributed by atoms with Gasteiger partial charge in [0.1, 0.15) is 11.6 Å². The third-order valence-electron chi connectivity index (χ3n) is 5.51. The molecular weight excluding hydrogens is 356 g/mol. The van der Waals surface area contributed by atoms with Crippen molar-refractivity contribution in [3.05, 3.63) is 41.5 Å². The number of rotatable bonds is 4. The summed E-state index contributed by atoms with van der Waals surface area (Å²) in [6.07, 6.45) is 2.20. The average Bonchev–Trinajstić information content (AvgIpc) is 3.17. The molecule has 2 aromatic rings. The number of aromatic nitrogens is 3. The maximum Gasteiger partial charge on any atom is 0.253 e. The van der Waals surface area contributed by atoms with E-state index in [1.165, 1.54) is 0 Å². The molecule has 0 atom stereocenters. The van der Waals surface area contributed by atoms with Crippen LogP contribution in [0.2, 0.25) is 0 Å². The van der Waals surface area contributed by atoms with Crippen molar-refractivity contribution in [2.75, 3.05) is 25.0 Å². The molecule has 4 rings (SSSR count). The molecule has 2 amide bonds. The second-order valence-corrected chi connectivity index (χ2v) is 7.35. The van der Waals surface area contributed by atoms with E-state index in [2.05, 4.69) is 25.4 Å². The molecule has 0 saturated carbocycles. The van der Waals surface area contributed by atoms with Crippen LogP contribution in [0, 0.1) is 0 Å². The first-order chi connectivity index (χ1) is 13.7. The van der Waals surface area contributed by atoms with Gasteiger partial charge in [0.15, 0.2) is 0 Å². The van der Waals surface area contributed by atoms with Crippen LogP contribution in [0.1, 0.15) is 54.1 Å². The van der Waals surface area contributed by atoms with Crippen molar-refractivity contribution < 1.29 is 9.59 Å². The van der Waals surface area contributed by atoms with Gasteiger partial charge in [-0.2, -0.15) is 0 Å². The third kappa shape index (κ3) is 3.77. The van der Waals surface area contributed by atoms with Gasteiger partial charge in [-0.25, -0.2) is 0 Å². The molecule has 1 fully saturated rings. The SMILES string of the molecule is CCC(=O)Nc1cccc(C(=O)N2CCC(c3nnc4n3CCNC4)CC2)c1. The zero-order valence-corrected chi connectivity index (χ0v) is 16.1. The van der Waals surface area contributed by atoms with Crippen molar-refractivity contribution >= 4 is 17.5 Å². The predicted octanol–water partition coefficient (Wildman–Crippen LogP) is 1.75. The van der Waals surface area contributed by atoms with Gasteiger partial charge in [0.25, 0.3) is 5.91 Å². The van der Waals surface area contributed by atoms with Crippen LogP contribution < -0.4 is 10.6 Å². The van der Waals surface area contributed by atoms with Gasteiger partial charge >= 0.3 is 0 Å². The van der Waals surface area contributed by atoms with E-state index in [0.717, 1.165) is 44.1 Å². The standard InChI is InChI=1S/C20H26N6O2/c1-2-18(27)22-16-5-3-4-15(12-16)20(28)25-9-6-14(7-10-25)19-24-23-17-13-21-8-11-26(17)19/h3-5,12,14,21H,2,6-11,13H2,1H3,(H,22,27). The van der Waals surface area contributed by atoms with Crippen molar-refractivity contribution in [1.82, 2.24) is 25.0 Å². The number of nitrogens with one attached hydrogen (secondary N) is 2. The molecule has 2 aliphatic heterocycles. The first kappa shape index (κ1) is 18.6. The predicted molar refractivity (Wildman–Crippen MR) is 105 cm³/mol. The molecule has 28 heavy (non-hydrogen) atoms. The summed E-state index contributed by atoms with van der Waals surface area (Å²) in [4.78, 5) is 26.4. The summed E-state index contributed by atoms with van der Waals surface area (Å²) in [6.45, 7) is 5.84. The number of fused-ring (bicyclic) bond motifs is 1. The second kappa shape index (κ2) is 8.10. The van der Waals surface area contributed by atoms with Crippen molar-refractivity contribution in [2.45, 2.75) is 45.2 Å². The molecule has 0 bridgehead atoms. The third-order valence-corrected chi connectivity index (χ3v) is 5.51. The highest BCUT2D eigenvalue weighted by Crippen LogP contribution is 2.28. The second-order valence-electron chi connectivity index (χ2n) is 7.35. The smallest absolute Gasteiger partial charge is 0.253 e. The highest BCUT2D eigenvalue weighted by atomic mass is 16.2. The molecule has 3 heterocycles. The zero-order chi connectivity index (χ0) is 19.5. The number of likely N-dealkylation sites (tertiary alicyclic amines) is 1. The lowest BCUT2D eigenvalue weighted by Gasteiger charge is -2.32. The van der Waals surface area contributed by atoms with Crippen LogP contribution in [-0.4, -0.2) is 51.1 Å². The Kier molecular flexibility index (Phi) is 5.38. The fourth-order valence-electron chi connectivity index (χ4n) is 3.92. The number of piperidine rings is 1. The molecule has 1 aromatic carbocycles. The molecule has 8 nitrogen and oxygen atoms in total. The molecule has 1 saturated heterocycles. The molecule has 0 aliphatic carbocycles.